The molecule has 1 saturated carbocycles. The van der Waals surface area contributed by atoms with Crippen LogP contribution in [-0.4, -0.2) is 25.5 Å². The minimum atomic E-state index is 0.368. The molecule has 0 bridgehead atoms. The van der Waals surface area contributed by atoms with Gasteiger partial charge in [0.05, 0.1) is 12.6 Å². The van der Waals surface area contributed by atoms with Crippen LogP contribution in [0.3, 0.4) is 0 Å². The smallest absolute Gasteiger partial charge is 0.0814 e. The number of hydrogen-bond donors (Lipinski definition) is 0. The number of aliphatic imine (C=N–C) groups is 1. The second-order valence-electron chi connectivity index (χ2n) is 4.65. The summed E-state index contributed by atoms with van der Waals surface area (Å²) in [5, 5.41) is 0. The average Bonchev–Trinajstić information content (AvgIpc) is 2.99. The molecule has 0 aromatic carbocycles. The lowest BCUT2D eigenvalue weighted by atomic mass is 10.0. The van der Waals surface area contributed by atoms with E-state index in [1.165, 1.54) is 12.8 Å². The predicted octanol–water partition coefficient (Wildman–Crippen LogP) is 3.08. The Morgan fingerprint density at radius 1 is 1.47 bits per heavy atom. The first-order chi connectivity index (χ1) is 7.24. The Morgan fingerprint density at radius 2 is 2.20 bits per heavy atom. The molecule has 0 saturated heterocycles. The summed E-state index contributed by atoms with van der Waals surface area (Å²) in [7, 11) is 0. The maximum atomic E-state index is 5.49. The zero-order valence-electron chi connectivity index (χ0n) is 9.98. The van der Waals surface area contributed by atoms with Crippen molar-refractivity contribution in [3.63, 3.8) is 0 Å². The van der Waals surface area contributed by atoms with Crippen LogP contribution in [0, 0.1) is 11.8 Å². The van der Waals surface area contributed by atoms with E-state index in [4.69, 9.17) is 4.74 Å². The summed E-state index contributed by atoms with van der Waals surface area (Å²) >= 11 is 0. The molecule has 0 amide bonds. The summed E-state index contributed by atoms with van der Waals surface area (Å²) < 4.78 is 5.49. The van der Waals surface area contributed by atoms with E-state index in [-0.39, 0.29) is 0 Å². The van der Waals surface area contributed by atoms with Crippen molar-refractivity contribution in [3.8, 4) is 0 Å². The van der Waals surface area contributed by atoms with Gasteiger partial charge in [0.15, 0.2) is 0 Å². The molecule has 1 aliphatic rings. The molecule has 1 atom stereocenters. The third-order valence-electron chi connectivity index (χ3n) is 2.72. The standard InChI is InChI=1S/C13H23NO/c1-4-5-13(11(2)3)14-8-9-15-10-12-6-7-12/h4,8,11-13H,1,5-7,9-10H2,2-3H3. The van der Waals surface area contributed by atoms with Crippen LogP contribution in [0.15, 0.2) is 17.6 Å². The number of rotatable bonds is 8. The zero-order valence-corrected chi connectivity index (χ0v) is 9.98. The second kappa shape index (κ2) is 6.78. The van der Waals surface area contributed by atoms with Crippen LogP contribution in [0.25, 0.3) is 0 Å². The van der Waals surface area contributed by atoms with E-state index >= 15 is 0 Å². The second-order valence-corrected chi connectivity index (χ2v) is 4.65. The Morgan fingerprint density at radius 3 is 2.73 bits per heavy atom. The third-order valence-corrected chi connectivity index (χ3v) is 2.72. The van der Waals surface area contributed by atoms with Crippen LogP contribution in [0.4, 0.5) is 0 Å². The van der Waals surface area contributed by atoms with Crippen molar-refractivity contribution in [3.05, 3.63) is 12.7 Å². The minimum Gasteiger partial charge on any atom is -0.376 e. The van der Waals surface area contributed by atoms with Gasteiger partial charge in [-0.1, -0.05) is 19.9 Å². The lowest BCUT2D eigenvalue weighted by Gasteiger charge is -2.13. The molecule has 0 radical (unpaired) electrons. The summed E-state index contributed by atoms with van der Waals surface area (Å²) in [5.74, 6) is 1.41. The Kier molecular flexibility index (Phi) is 5.62. The van der Waals surface area contributed by atoms with Crippen LogP contribution in [0.5, 0.6) is 0 Å². The van der Waals surface area contributed by atoms with Crippen molar-refractivity contribution in [2.75, 3.05) is 13.2 Å². The first kappa shape index (κ1) is 12.4. The van der Waals surface area contributed by atoms with Crippen LogP contribution in [0.1, 0.15) is 33.1 Å². The molecule has 1 rings (SSSR count). The van der Waals surface area contributed by atoms with Gasteiger partial charge in [-0.25, -0.2) is 0 Å². The molecule has 0 aromatic rings. The SMILES string of the molecule is C=CCC(N=CCOCC1CC1)C(C)C. The predicted molar refractivity (Wildman–Crippen MR) is 65.5 cm³/mol. The molecule has 0 aromatic heterocycles. The molecule has 0 heterocycles. The van der Waals surface area contributed by atoms with Gasteiger partial charge in [0.2, 0.25) is 0 Å². The molecule has 1 aliphatic carbocycles. The van der Waals surface area contributed by atoms with Gasteiger partial charge < -0.3 is 4.74 Å². The van der Waals surface area contributed by atoms with E-state index in [2.05, 4.69) is 25.4 Å². The van der Waals surface area contributed by atoms with Gasteiger partial charge in [-0.15, -0.1) is 6.58 Å². The first-order valence-electron chi connectivity index (χ1n) is 5.94. The topological polar surface area (TPSA) is 21.6 Å². The Balaban J connectivity index is 2.10. The molecule has 1 unspecified atom stereocenters. The maximum Gasteiger partial charge on any atom is 0.0814 e. The molecule has 15 heavy (non-hydrogen) atoms. The van der Waals surface area contributed by atoms with Gasteiger partial charge in [0.1, 0.15) is 0 Å². The van der Waals surface area contributed by atoms with Crippen molar-refractivity contribution < 1.29 is 4.74 Å². The highest BCUT2D eigenvalue weighted by Crippen LogP contribution is 2.28. The van der Waals surface area contributed by atoms with Crippen LogP contribution in [0.2, 0.25) is 0 Å². The lowest BCUT2D eigenvalue weighted by Crippen LogP contribution is -2.13. The summed E-state index contributed by atoms with van der Waals surface area (Å²) in [6, 6.07) is 0.368. The van der Waals surface area contributed by atoms with Crippen molar-refractivity contribution >= 4 is 6.21 Å². The van der Waals surface area contributed by atoms with E-state index in [0.29, 0.717) is 18.6 Å². The first-order valence-corrected chi connectivity index (χ1v) is 5.94. The third kappa shape index (κ3) is 5.73. The fraction of sp³-hybridized carbons (Fsp3) is 0.769. The van der Waals surface area contributed by atoms with E-state index in [0.717, 1.165) is 18.9 Å². The molecule has 0 aliphatic heterocycles. The number of hydrogen-bond acceptors (Lipinski definition) is 2. The minimum absolute atomic E-state index is 0.368. The fourth-order valence-corrected chi connectivity index (χ4v) is 1.43. The van der Waals surface area contributed by atoms with E-state index in [1.807, 2.05) is 12.3 Å². The number of ether oxygens (including phenoxy) is 1. The highest BCUT2D eigenvalue weighted by atomic mass is 16.5. The molecule has 86 valence electrons. The van der Waals surface area contributed by atoms with E-state index in [9.17, 15) is 0 Å². The van der Waals surface area contributed by atoms with Gasteiger partial charge in [0, 0.05) is 12.8 Å². The maximum absolute atomic E-state index is 5.49. The Labute approximate surface area is 93.4 Å². The molecular formula is C13H23NO. The lowest BCUT2D eigenvalue weighted by molar-refractivity contribution is 0.162. The molecule has 0 N–H and O–H groups in total. The summed E-state index contributed by atoms with van der Waals surface area (Å²) in [5.41, 5.74) is 0. The quantitative estimate of drug-likeness (QED) is 0.342. The highest BCUT2D eigenvalue weighted by Gasteiger charge is 2.20. The molecule has 1 fully saturated rings. The van der Waals surface area contributed by atoms with Crippen molar-refractivity contribution in [2.24, 2.45) is 16.8 Å². The van der Waals surface area contributed by atoms with Crippen molar-refractivity contribution in [2.45, 2.75) is 39.2 Å². The Bertz CT molecular complexity index is 207. The summed E-state index contributed by atoms with van der Waals surface area (Å²) in [6.45, 7) is 9.72. The van der Waals surface area contributed by atoms with Crippen LogP contribution < -0.4 is 0 Å². The average molecular weight is 209 g/mol. The van der Waals surface area contributed by atoms with E-state index < -0.39 is 0 Å². The van der Waals surface area contributed by atoms with Gasteiger partial charge in [-0.2, -0.15) is 0 Å². The zero-order chi connectivity index (χ0) is 11.1. The van der Waals surface area contributed by atoms with Crippen LogP contribution >= 0.6 is 0 Å². The van der Waals surface area contributed by atoms with Crippen LogP contribution in [-0.2, 0) is 4.74 Å². The van der Waals surface area contributed by atoms with Gasteiger partial charge in [-0.3, -0.25) is 4.99 Å². The van der Waals surface area contributed by atoms with E-state index in [1.54, 1.807) is 0 Å². The fourth-order valence-electron chi connectivity index (χ4n) is 1.43. The summed E-state index contributed by atoms with van der Waals surface area (Å²) in [4.78, 5) is 4.51. The van der Waals surface area contributed by atoms with Crippen molar-refractivity contribution in [1.29, 1.82) is 0 Å². The normalized spacial score (nSPS) is 18.6. The van der Waals surface area contributed by atoms with Crippen molar-refractivity contribution in [1.82, 2.24) is 0 Å². The molecular weight excluding hydrogens is 186 g/mol. The monoisotopic (exact) mass is 209 g/mol. The van der Waals surface area contributed by atoms with Gasteiger partial charge >= 0.3 is 0 Å². The number of nitrogens with zero attached hydrogens (tertiary/aromatic N) is 1. The molecule has 0 spiro atoms. The summed E-state index contributed by atoms with van der Waals surface area (Å²) in [6.07, 6.45) is 7.50. The highest BCUT2D eigenvalue weighted by molar-refractivity contribution is 5.58. The Hall–Kier alpha value is -0.630. The van der Waals surface area contributed by atoms with Gasteiger partial charge in [-0.05, 0) is 31.1 Å². The van der Waals surface area contributed by atoms with Gasteiger partial charge in [0.25, 0.3) is 0 Å². The molecule has 2 nitrogen and oxygen atoms in total. The largest absolute Gasteiger partial charge is 0.376 e. The molecule has 2 heteroatoms.